The van der Waals surface area contributed by atoms with Crippen molar-refractivity contribution >= 4 is 40.3 Å². The number of rotatable bonds is 8. The highest BCUT2D eigenvalue weighted by Crippen LogP contribution is 2.29. The third kappa shape index (κ3) is 5.50. The van der Waals surface area contributed by atoms with Gasteiger partial charge in [-0.15, -0.1) is 0 Å². The molecule has 0 aliphatic carbocycles. The number of likely N-dealkylation sites (N-methyl/N-ethyl adjacent to an activating group) is 1. The molecule has 4 rings (SSSR count). The Morgan fingerprint density at radius 1 is 0.939 bits per heavy atom. The molecule has 0 saturated carbocycles. The van der Waals surface area contributed by atoms with Crippen LogP contribution >= 0.6 is 0 Å². The minimum absolute atomic E-state index is 0.310. The molecule has 9 nitrogen and oxygen atoms in total. The van der Waals surface area contributed by atoms with Gasteiger partial charge >= 0.3 is 0 Å². The first kappa shape index (κ1) is 22.3. The number of aromatic nitrogens is 2. The molecular formula is C24H30N8O. The lowest BCUT2D eigenvalue weighted by Crippen LogP contribution is -2.44. The number of nitrogens with two attached hydrogens (primary N) is 1. The molecule has 3 heterocycles. The molecule has 33 heavy (non-hydrogen) atoms. The minimum Gasteiger partial charge on any atom is -0.384 e. The van der Waals surface area contributed by atoms with E-state index in [9.17, 15) is 4.79 Å². The summed E-state index contributed by atoms with van der Waals surface area (Å²) in [4.78, 5) is 25.5. The van der Waals surface area contributed by atoms with Gasteiger partial charge in [-0.25, -0.2) is 9.97 Å². The lowest BCUT2D eigenvalue weighted by Gasteiger charge is -2.33. The standard InChI is InChI=1S/C24H30N8O/c1-3-26-19-6-4-5-7-20(19)29-21-14-23(28-16-18(21)24(25)33)30-22-9-8-17(15-27-22)32-12-10-31(2)11-13-32/h4-9,14-16,26H,3,10-13H2,1-2H3,(H2,25,33)(H2,27,28,29,30). The Morgan fingerprint density at radius 2 is 1.67 bits per heavy atom. The van der Waals surface area contributed by atoms with Gasteiger partial charge in [0.2, 0.25) is 0 Å². The molecule has 1 aromatic carbocycles. The van der Waals surface area contributed by atoms with Gasteiger partial charge in [0, 0.05) is 45.0 Å². The Morgan fingerprint density at radius 3 is 2.33 bits per heavy atom. The molecular weight excluding hydrogens is 416 g/mol. The van der Waals surface area contributed by atoms with Crippen LogP contribution in [0.15, 0.2) is 54.9 Å². The normalized spacial score (nSPS) is 14.1. The number of piperazine rings is 1. The second-order valence-electron chi connectivity index (χ2n) is 8.00. The third-order valence-corrected chi connectivity index (χ3v) is 5.61. The Kier molecular flexibility index (Phi) is 6.89. The first-order chi connectivity index (χ1) is 16.0. The van der Waals surface area contributed by atoms with Gasteiger partial charge in [-0.05, 0) is 38.2 Å². The summed E-state index contributed by atoms with van der Waals surface area (Å²) in [5, 5.41) is 9.84. The number of hydrogen-bond acceptors (Lipinski definition) is 8. The van der Waals surface area contributed by atoms with Crippen molar-refractivity contribution in [1.82, 2.24) is 14.9 Å². The zero-order valence-electron chi connectivity index (χ0n) is 19.0. The van der Waals surface area contributed by atoms with Crippen LogP contribution in [-0.2, 0) is 0 Å². The zero-order valence-corrected chi connectivity index (χ0v) is 19.0. The maximum absolute atomic E-state index is 12.0. The van der Waals surface area contributed by atoms with Gasteiger partial charge in [0.15, 0.2) is 0 Å². The van der Waals surface area contributed by atoms with Crippen LogP contribution in [0.5, 0.6) is 0 Å². The second-order valence-corrected chi connectivity index (χ2v) is 8.00. The van der Waals surface area contributed by atoms with E-state index in [0.717, 1.165) is 49.8 Å². The maximum Gasteiger partial charge on any atom is 0.252 e. The molecule has 2 aromatic heterocycles. The monoisotopic (exact) mass is 446 g/mol. The van der Waals surface area contributed by atoms with Crippen molar-refractivity contribution in [1.29, 1.82) is 0 Å². The van der Waals surface area contributed by atoms with Crippen LogP contribution in [0.3, 0.4) is 0 Å². The SMILES string of the molecule is CCNc1ccccc1Nc1cc(Nc2ccc(N3CCN(C)CC3)cn2)ncc1C(N)=O. The average Bonchev–Trinajstić information content (AvgIpc) is 2.82. The quantitative estimate of drug-likeness (QED) is 0.417. The van der Waals surface area contributed by atoms with Crippen LogP contribution in [0.2, 0.25) is 0 Å². The molecule has 0 bridgehead atoms. The Bertz CT molecular complexity index is 1090. The molecule has 0 radical (unpaired) electrons. The summed E-state index contributed by atoms with van der Waals surface area (Å²) in [6.07, 6.45) is 3.35. The maximum atomic E-state index is 12.0. The molecule has 1 fully saturated rings. The van der Waals surface area contributed by atoms with E-state index in [1.54, 1.807) is 6.07 Å². The lowest BCUT2D eigenvalue weighted by molar-refractivity contribution is 0.100. The number of pyridine rings is 2. The van der Waals surface area contributed by atoms with Gasteiger partial charge in [0.25, 0.3) is 5.91 Å². The zero-order chi connectivity index (χ0) is 23.2. The summed E-state index contributed by atoms with van der Waals surface area (Å²) in [5.74, 6) is 0.682. The van der Waals surface area contributed by atoms with Crippen molar-refractivity contribution < 1.29 is 4.79 Å². The fourth-order valence-corrected chi connectivity index (χ4v) is 3.75. The van der Waals surface area contributed by atoms with Crippen molar-refractivity contribution in [2.75, 3.05) is 60.6 Å². The number of para-hydroxylation sites is 2. The van der Waals surface area contributed by atoms with E-state index >= 15 is 0 Å². The summed E-state index contributed by atoms with van der Waals surface area (Å²) in [6, 6.07) is 13.6. The molecule has 0 atom stereocenters. The van der Waals surface area contributed by atoms with E-state index < -0.39 is 5.91 Å². The number of nitrogens with one attached hydrogen (secondary N) is 3. The number of benzene rings is 1. The fourth-order valence-electron chi connectivity index (χ4n) is 3.75. The number of hydrogen-bond donors (Lipinski definition) is 4. The van der Waals surface area contributed by atoms with E-state index in [1.807, 2.05) is 43.5 Å². The third-order valence-electron chi connectivity index (χ3n) is 5.61. The van der Waals surface area contributed by atoms with Gasteiger partial charge in [-0.1, -0.05) is 12.1 Å². The molecule has 172 valence electrons. The highest BCUT2D eigenvalue weighted by Gasteiger charge is 2.15. The number of carbonyl (C=O) groups excluding carboxylic acids is 1. The average molecular weight is 447 g/mol. The molecule has 5 N–H and O–H groups in total. The Balaban J connectivity index is 1.52. The van der Waals surface area contributed by atoms with Crippen LogP contribution in [0, 0.1) is 0 Å². The van der Waals surface area contributed by atoms with Crippen LogP contribution < -0.4 is 26.6 Å². The number of carbonyl (C=O) groups is 1. The van der Waals surface area contributed by atoms with E-state index in [0.29, 0.717) is 22.9 Å². The first-order valence-electron chi connectivity index (χ1n) is 11.1. The summed E-state index contributed by atoms with van der Waals surface area (Å²) in [7, 11) is 2.14. The van der Waals surface area contributed by atoms with E-state index in [-0.39, 0.29) is 0 Å². The van der Waals surface area contributed by atoms with Crippen LogP contribution in [0.25, 0.3) is 0 Å². The highest BCUT2D eigenvalue weighted by atomic mass is 16.1. The molecule has 3 aromatic rings. The van der Waals surface area contributed by atoms with Gasteiger partial charge in [-0.2, -0.15) is 0 Å². The Labute approximate surface area is 194 Å². The molecule has 1 saturated heterocycles. The van der Waals surface area contributed by atoms with Gasteiger partial charge in [0.1, 0.15) is 11.6 Å². The predicted octanol–water partition coefficient (Wildman–Crippen LogP) is 3.25. The topological polar surface area (TPSA) is 111 Å². The first-order valence-corrected chi connectivity index (χ1v) is 11.1. The van der Waals surface area contributed by atoms with Crippen LogP contribution in [0.1, 0.15) is 17.3 Å². The smallest absolute Gasteiger partial charge is 0.252 e. The second kappa shape index (κ2) is 10.2. The molecule has 0 spiro atoms. The van der Waals surface area contributed by atoms with Crippen molar-refractivity contribution in [3.8, 4) is 0 Å². The fraction of sp³-hybridized carbons (Fsp3) is 0.292. The molecule has 1 amide bonds. The van der Waals surface area contributed by atoms with Crippen LogP contribution in [-0.4, -0.2) is 60.5 Å². The number of anilines is 6. The van der Waals surface area contributed by atoms with E-state index in [2.05, 4.69) is 48.8 Å². The lowest BCUT2D eigenvalue weighted by atomic mass is 10.2. The number of nitrogens with zero attached hydrogens (tertiary/aromatic N) is 4. The molecule has 1 aliphatic rings. The largest absolute Gasteiger partial charge is 0.384 e. The van der Waals surface area contributed by atoms with Gasteiger partial charge in [0.05, 0.1) is 34.5 Å². The van der Waals surface area contributed by atoms with Crippen molar-refractivity contribution in [2.24, 2.45) is 5.73 Å². The van der Waals surface area contributed by atoms with Gasteiger partial charge in [-0.3, -0.25) is 4.79 Å². The van der Waals surface area contributed by atoms with Crippen molar-refractivity contribution in [2.45, 2.75) is 6.92 Å². The summed E-state index contributed by atoms with van der Waals surface area (Å²) in [6.45, 7) is 6.88. The van der Waals surface area contributed by atoms with Crippen LogP contribution in [0.4, 0.5) is 34.4 Å². The van der Waals surface area contributed by atoms with Crippen molar-refractivity contribution in [3.63, 3.8) is 0 Å². The molecule has 1 aliphatic heterocycles. The highest BCUT2D eigenvalue weighted by molar-refractivity contribution is 6.00. The van der Waals surface area contributed by atoms with Crippen molar-refractivity contribution in [3.05, 3.63) is 60.4 Å². The van der Waals surface area contributed by atoms with Gasteiger partial charge < -0.3 is 31.5 Å². The number of primary amides is 1. The summed E-state index contributed by atoms with van der Waals surface area (Å²) >= 11 is 0. The molecule has 0 unspecified atom stereocenters. The Hall–Kier alpha value is -3.85. The van der Waals surface area contributed by atoms with E-state index in [4.69, 9.17) is 5.73 Å². The van der Waals surface area contributed by atoms with E-state index in [1.165, 1.54) is 6.20 Å². The number of amides is 1. The molecule has 9 heteroatoms. The summed E-state index contributed by atoms with van der Waals surface area (Å²) in [5.41, 5.74) is 9.35. The minimum atomic E-state index is -0.549. The summed E-state index contributed by atoms with van der Waals surface area (Å²) < 4.78 is 0. The predicted molar refractivity (Wildman–Crippen MR) is 134 cm³/mol.